The Bertz CT molecular complexity index is 1000. The third-order valence-corrected chi connectivity index (χ3v) is 4.83. The molecule has 2 atom stereocenters. The van der Waals surface area contributed by atoms with Crippen LogP contribution in [0.4, 0.5) is 5.69 Å². The molecule has 3 heterocycles. The Hall–Kier alpha value is -3.00. The number of nitrogens with two attached hydrogens (primary N) is 1. The summed E-state index contributed by atoms with van der Waals surface area (Å²) < 4.78 is 0. The van der Waals surface area contributed by atoms with E-state index in [1.807, 2.05) is 30.6 Å². The number of nitrogens with zero attached hydrogens (tertiary/aromatic N) is 4. The van der Waals surface area contributed by atoms with Gasteiger partial charge < -0.3 is 5.73 Å². The normalized spacial score (nSPS) is 19.1. The molecule has 0 aliphatic heterocycles. The van der Waals surface area contributed by atoms with Crippen LogP contribution >= 0.6 is 0 Å². The maximum Gasteiger partial charge on any atom is 0.112 e. The Morgan fingerprint density at radius 1 is 1.28 bits per heavy atom. The van der Waals surface area contributed by atoms with Crippen LogP contribution in [0.3, 0.4) is 0 Å². The predicted molar refractivity (Wildman–Crippen MR) is 97.7 cm³/mol. The highest BCUT2D eigenvalue weighted by molar-refractivity contribution is 5.90. The zero-order valence-corrected chi connectivity index (χ0v) is 14.3. The van der Waals surface area contributed by atoms with Crippen LogP contribution in [0.5, 0.6) is 0 Å². The SMILES string of the molecule is CC(C)c1ccncc1-c1cc(N)c2ncc(C3CC3C#N)cc2n1. The van der Waals surface area contributed by atoms with Crippen LogP contribution in [0.1, 0.15) is 43.2 Å². The van der Waals surface area contributed by atoms with Crippen molar-refractivity contribution in [1.29, 1.82) is 5.26 Å². The molecule has 0 amide bonds. The lowest BCUT2D eigenvalue weighted by atomic mass is 9.97. The first kappa shape index (κ1) is 15.5. The van der Waals surface area contributed by atoms with Gasteiger partial charge in [0.2, 0.25) is 0 Å². The van der Waals surface area contributed by atoms with Crippen LogP contribution in [0.25, 0.3) is 22.3 Å². The number of hydrogen-bond acceptors (Lipinski definition) is 5. The van der Waals surface area contributed by atoms with Crippen molar-refractivity contribution < 1.29 is 0 Å². The first-order valence-corrected chi connectivity index (χ1v) is 8.48. The number of aromatic nitrogens is 3. The van der Waals surface area contributed by atoms with E-state index in [-0.39, 0.29) is 11.8 Å². The molecule has 0 bridgehead atoms. The van der Waals surface area contributed by atoms with Crippen LogP contribution in [-0.4, -0.2) is 15.0 Å². The van der Waals surface area contributed by atoms with E-state index in [2.05, 4.69) is 29.9 Å². The van der Waals surface area contributed by atoms with Gasteiger partial charge in [-0.3, -0.25) is 9.97 Å². The molecule has 5 nitrogen and oxygen atoms in total. The Morgan fingerprint density at radius 3 is 2.84 bits per heavy atom. The number of nitriles is 1. The fourth-order valence-corrected chi connectivity index (χ4v) is 3.32. The van der Waals surface area contributed by atoms with Gasteiger partial charge in [-0.25, -0.2) is 4.98 Å². The monoisotopic (exact) mass is 329 g/mol. The minimum atomic E-state index is 0.102. The molecule has 25 heavy (non-hydrogen) atoms. The molecule has 2 N–H and O–H groups in total. The third kappa shape index (κ3) is 2.70. The van der Waals surface area contributed by atoms with E-state index >= 15 is 0 Å². The van der Waals surface area contributed by atoms with Crippen LogP contribution in [0.2, 0.25) is 0 Å². The van der Waals surface area contributed by atoms with Crippen molar-refractivity contribution in [3.05, 3.63) is 47.9 Å². The summed E-state index contributed by atoms with van der Waals surface area (Å²) in [6, 6.07) is 8.24. The molecule has 5 heteroatoms. The molecule has 2 unspecified atom stereocenters. The van der Waals surface area contributed by atoms with Gasteiger partial charge in [0.15, 0.2) is 0 Å². The molecule has 1 aliphatic carbocycles. The van der Waals surface area contributed by atoms with Crippen LogP contribution in [-0.2, 0) is 0 Å². The molecule has 4 rings (SSSR count). The van der Waals surface area contributed by atoms with E-state index in [1.165, 1.54) is 5.56 Å². The molecule has 0 saturated heterocycles. The lowest BCUT2D eigenvalue weighted by molar-refractivity contribution is 0.864. The summed E-state index contributed by atoms with van der Waals surface area (Å²) in [4.78, 5) is 13.6. The van der Waals surface area contributed by atoms with E-state index in [0.29, 0.717) is 17.1 Å². The summed E-state index contributed by atoms with van der Waals surface area (Å²) in [5, 5.41) is 9.06. The number of hydrogen-bond donors (Lipinski definition) is 1. The highest BCUT2D eigenvalue weighted by Gasteiger charge is 2.38. The largest absolute Gasteiger partial charge is 0.397 e. The summed E-state index contributed by atoms with van der Waals surface area (Å²) in [7, 11) is 0. The average Bonchev–Trinajstić information content (AvgIpc) is 3.41. The Labute approximate surface area is 146 Å². The van der Waals surface area contributed by atoms with Crippen LogP contribution in [0, 0.1) is 17.2 Å². The quantitative estimate of drug-likeness (QED) is 0.784. The van der Waals surface area contributed by atoms with E-state index < -0.39 is 0 Å². The van der Waals surface area contributed by atoms with Gasteiger partial charge in [-0.15, -0.1) is 0 Å². The van der Waals surface area contributed by atoms with E-state index in [1.54, 1.807) is 6.20 Å². The van der Waals surface area contributed by atoms with Gasteiger partial charge in [0, 0.05) is 30.1 Å². The smallest absolute Gasteiger partial charge is 0.112 e. The van der Waals surface area contributed by atoms with Crippen molar-refractivity contribution in [3.8, 4) is 17.3 Å². The van der Waals surface area contributed by atoms with Gasteiger partial charge in [0.1, 0.15) is 5.52 Å². The second kappa shape index (κ2) is 5.82. The summed E-state index contributed by atoms with van der Waals surface area (Å²) in [5.74, 6) is 0.743. The fraction of sp³-hybridized carbons (Fsp3) is 0.300. The van der Waals surface area contributed by atoms with Gasteiger partial charge >= 0.3 is 0 Å². The van der Waals surface area contributed by atoms with Crippen molar-refractivity contribution in [2.24, 2.45) is 5.92 Å². The van der Waals surface area contributed by atoms with Gasteiger partial charge in [-0.05, 0) is 41.7 Å². The summed E-state index contributed by atoms with van der Waals surface area (Å²) >= 11 is 0. The number of anilines is 1. The number of rotatable bonds is 3. The first-order valence-electron chi connectivity index (χ1n) is 8.48. The Morgan fingerprint density at radius 2 is 2.12 bits per heavy atom. The standard InChI is InChI=1S/C20H19N5/c1-11(2)14-3-4-23-10-16(14)18-7-17(22)20-19(25-18)6-13(9-24-20)15-5-12(15)8-21/h3-4,6-7,9-12,15H,5H2,1-2H3,(H2,22,25). The van der Waals surface area contributed by atoms with Crippen molar-refractivity contribution in [2.45, 2.75) is 32.1 Å². The molecule has 1 aliphatic rings. The third-order valence-electron chi connectivity index (χ3n) is 4.83. The lowest BCUT2D eigenvalue weighted by Gasteiger charge is -2.13. The summed E-state index contributed by atoms with van der Waals surface area (Å²) in [6.07, 6.45) is 6.37. The summed E-state index contributed by atoms with van der Waals surface area (Å²) in [6.45, 7) is 4.30. The molecule has 3 aromatic heterocycles. The van der Waals surface area contributed by atoms with Crippen molar-refractivity contribution >= 4 is 16.7 Å². The van der Waals surface area contributed by atoms with Gasteiger partial charge in [-0.1, -0.05) is 13.8 Å². The van der Waals surface area contributed by atoms with E-state index in [0.717, 1.165) is 28.8 Å². The molecular formula is C20H19N5. The Balaban J connectivity index is 1.85. The molecule has 1 saturated carbocycles. The molecule has 1 fully saturated rings. The van der Waals surface area contributed by atoms with Crippen molar-refractivity contribution in [2.75, 3.05) is 5.73 Å². The molecule has 0 radical (unpaired) electrons. The number of pyridine rings is 3. The average molecular weight is 329 g/mol. The predicted octanol–water partition coefficient (Wildman–Crippen LogP) is 4.02. The molecule has 3 aromatic rings. The second-order valence-corrected chi connectivity index (χ2v) is 6.93. The van der Waals surface area contributed by atoms with Crippen molar-refractivity contribution in [3.63, 3.8) is 0 Å². The minimum Gasteiger partial charge on any atom is -0.397 e. The van der Waals surface area contributed by atoms with Gasteiger partial charge in [-0.2, -0.15) is 5.26 Å². The zero-order valence-electron chi connectivity index (χ0n) is 14.3. The summed E-state index contributed by atoms with van der Waals surface area (Å²) in [5.41, 5.74) is 12.4. The van der Waals surface area contributed by atoms with E-state index in [9.17, 15) is 0 Å². The maximum atomic E-state index is 9.06. The fourth-order valence-electron chi connectivity index (χ4n) is 3.32. The zero-order chi connectivity index (χ0) is 17.6. The van der Waals surface area contributed by atoms with Crippen LogP contribution in [0.15, 0.2) is 36.8 Å². The van der Waals surface area contributed by atoms with Crippen molar-refractivity contribution in [1.82, 2.24) is 15.0 Å². The lowest BCUT2D eigenvalue weighted by Crippen LogP contribution is -1.99. The number of fused-ring (bicyclic) bond motifs is 1. The Kier molecular flexibility index (Phi) is 3.61. The minimum absolute atomic E-state index is 0.102. The van der Waals surface area contributed by atoms with Gasteiger partial charge in [0.25, 0.3) is 0 Å². The molecule has 124 valence electrons. The van der Waals surface area contributed by atoms with E-state index in [4.69, 9.17) is 16.0 Å². The first-order chi connectivity index (χ1) is 12.1. The molecule has 0 aromatic carbocycles. The van der Waals surface area contributed by atoms with Crippen LogP contribution < -0.4 is 5.73 Å². The highest BCUT2D eigenvalue weighted by Crippen LogP contribution is 2.47. The number of nitrogen functional groups attached to an aromatic ring is 1. The molecular weight excluding hydrogens is 310 g/mol. The highest BCUT2D eigenvalue weighted by atomic mass is 14.8. The second-order valence-electron chi connectivity index (χ2n) is 6.93. The topological polar surface area (TPSA) is 88.5 Å². The molecule has 0 spiro atoms. The maximum absolute atomic E-state index is 9.06. The van der Waals surface area contributed by atoms with Gasteiger partial charge in [0.05, 0.1) is 28.9 Å².